The molecule has 1 aliphatic heterocycles. The first kappa shape index (κ1) is 20.5. The summed E-state index contributed by atoms with van der Waals surface area (Å²) in [4.78, 5) is 18.7. The van der Waals surface area contributed by atoms with E-state index in [-0.39, 0.29) is 17.1 Å². The lowest BCUT2D eigenvalue weighted by Gasteiger charge is -2.30. The molecule has 0 bridgehead atoms. The number of carbonyl (C=O) groups excluding carboxylic acids is 1. The van der Waals surface area contributed by atoms with Crippen molar-refractivity contribution in [2.45, 2.75) is 24.0 Å². The average Bonchev–Trinajstić information content (AvgIpc) is 3.15. The van der Waals surface area contributed by atoms with Crippen molar-refractivity contribution < 1.29 is 18.3 Å². The molecule has 1 aromatic carbocycles. The Hall–Kier alpha value is -2.79. The van der Waals surface area contributed by atoms with Gasteiger partial charge in [0.05, 0.1) is 11.0 Å². The molecule has 3 aromatic rings. The molecular formula is C20H23N5O4S. The third kappa shape index (κ3) is 4.51. The number of benzene rings is 1. The maximum Gasteiger partial charge on any atom is 0.271 e. The molecular weight excluding hydrogens is 406 g/mol. The van der Waals surface area contributed by atoms with Crippen molar-refractivity contribution in [3.05, 3.63) is 65.6 Å². The molecule has 2 aromatic heterocycles. The summed E-state index contributed by atoms with van der Waals surface area (Å²) in [5, 5.41) is 18.2. The minimum atomic E-state index is -3.85. The highest BCUT2D eigenvalue weighted by molar-refractivity contribution is 7.89. The zero-order valence-electron chi connectivity index (χ0n) is 16.2. The van der Waals surface area contributed by atoms with Crippen molar-refractivity contribution in [1.29, 1.82) is 0 Å². The molecule has 0 radical (unpaired) electrons. The van der Waals surface area contributed by atoms with Gasteiger partial charge in [-0.2, -0.15) is 0 Å². The van der Waals surface area contributed by atoms with Crippen molar-refractivity contribution in [3.63, 3.8) is 0 Å². The Balaban J connectivity index is 1.34. The molecule has 1 amide bonds. The van der Waals surface area contributed by atoms with Gasteiger partial charge in [-0.3, -0.25) is 9.69 Å². The Morgan fingerprint density at radius 1 is 1.20 bits per heavy atom. The lowest BCUT2D eigenvalue weighted by Crippen LogP contribution is -2.42. The summed E-state index contributed by atoms with van der Waals surface area (Å²) in [6.45, 7) is 2.19. The van der Waals surface area contributed by atoms with Crippen LogP contribution in [0.3, 0.4) is 0 Å². The van der Waals surface area contributed by atoms with E-state index in [0.717, 1.165) is 19.5 Å². The van der Waals surface area contributed by atoms with Gasteiger partial charge in [0.25, 0.3) is 5.91 Å². The molecule has 0 spiro atoms. The van der Waals surface area contributed by atoms with Gasteiger partial charge in [0, 0.05) is 38.6 Å². The molecule has 1 unspecified atom stereocenters. The van der Waals surface area contributed by atoms with Crippen LogP contribution in [0.2, 0.25) is 0 Å². The van der Waals surface area contributed by atoms with E-state index in [1.54, 1.807) is 0 Å². The first-order chi connectivity index (χ1) is 14.3. The summed E-state index contributed by atoms with van der Waals surface area (Å²) < 4.78 is 24.3. The maximum atomic E-state index is 12.4. The summed E-state index contributed by atoms with van der Waals surface area (Å²) in [7, 11) is -3.85. The minimum Gasteiger partial charge on any atom is -0.390 e. The molecule has 9 nitrogen and oxygen atoms in total. The van der Waals surface area contributed by atoms with Crippen molar-refractivity contribution >= 4 is 21.6 Å². The largest absolute Gasteiger partial charge is 0.390 e. The number of aliphatic hydroxyl groups excluding tert-OH is 1. The monoisotopic (exact) mass is 429 g/mol. The normalized spacial score (nSPS) is 15.7. The highest BCUT2D eigenvalue weighted by Gasteiger charge is 2.19. The van der Waals surface area contributed by atoms with Crippen LogP contribution in [0.15, 0.2) is 53.7 Å². The van der Waals surface area contributed by atoms with Crippen LogP contribution < -0.4 is 10.5 Å². The number of hydrogen-bond donors (Lipinski definition) is 3. The Bertz CT molecular complexity index is 1190. The second-order valence-electron chi connectivity index (χ2n) is 7.42. The molecule has 4 N–H and O–H groups in total. The predicted octanol–water partition coefficient (Wildman–Crippen LogP) is 0.131. The summed E-state index contributed by atoms with van der Waals surface area (Å²) in [6.07, 6.45) is 2.95. The number of imidazole rings is 1. The second-order valence-corrected chi connectivity index (χ2v) is 8.98. The van der Waals surface area contributed by atoms with Crippen LogP contribution in [0.5, 0.6) is 0 Å². The number of carbonyl (C=O) groups is 1. The highest BCUT2D eigenvalue weighted by Crippen LogP contribution is 2.18. The highest BCUT2D eigenvalue weighted by atomic mass is 32.2. The number of β-amino-alcohol motifs (C(OH)–C–C–N with tert-alkyl or cyclic N) is 1. The number of fused-ring (bicyclic) bond motifs is 2. The van der Waals surface area contributed by atoms with Gasteiger partial charge in [-0.25, -0.2) is 18.5 Å². The zero-order valence-corrected chi connectivity index (χ0v) is 17.0. The number of hydrogen-bond acceptors (Lipinski definition) is 6. The lowest BCUT2D eigenvalue weighted by atomic mass is 10.00. The molecule has 0 aliphatic carbocycles. The number of nitrogens with zero attached hydrogens (tertiary/aromatic N) is 3. The molecule has 0 saturated heterocycles. The summed E-state index contributed by atoms with van der Waals surface area (Å²) in [6, 6.07) is 11.1. The van der Waals surface area contributed by atoms with Crippen molar-refractivity contribution in [2.24, 2.45) is 5.14 Å². The quantitative estimate of drug-likeness (QED) is 0.511. The number of aliphatic hydroxyl groups is 1. The lowest BCUT2D eigenvalue weighted by molar-refractivity contribution is 0.0838. The minimum absolute atomic E-state index is 0.0714. The smallest absolute Gasteiger partial charge is 0.271 e. The van der Waals surface area contributed by atoms with E-state index in [1.165, 1.54) is 40.1 Å². The number of nitrogens with two attached hydrogens (primary N) is 1. The molecule has 1 aliphatic rings. The van der Waals surface area contributed by atoms with E-state index in [0.29, 0.717) is 12.2 Å². The van der Waals surface area contributed by atoms with E-state index >= 15 is 0 Å². The van der Waals surface area contributed by atoms with Crippen molar-refractivity contribution in [1.82, 2.24) is 19.6 Å². The van der Waals surface area contributed by atoms with Gasteiger partial charge in [-0.05, 0) is 29.7 Å². The molecule has 158 valence electrons. The van der Waals surface area contributed by atoms with Gasteiger partial charge in [0.2, 0.25) is 10.0 Å². The second kappa shape index (κ2) is 8.15. The van der Waals surface area contributed by atoms with Crippen LogP contribution in [0.4, 0.5) is 0 Å². The van der Waals surface area contributed by atoms with Gasteiger partial charge < -0.3 is 14.8 Å². The standard InChI is InChI=1S/C20H23N5O4S/c21-30(28,29)17-5-6-19-23-18(13-25(19)12-17)20(27)22-9-16(26)11-24-8-7-14-3-1-2-4-15(14)10-24/h1-6,12-13,16,26H,7-11H2,(H,22,27)(H2,21,28,29). The number of amides is 1. The SMILES string of the molecule is NS(=O)(=O)c1ccc2nc(C(=O)NCC(O)CN3CCc4ccccc4C3)cn2c1. The number of aromatic nitrogens is 2. The van der Waals surface area contributed by atoms with Gasteiger partial charge in [-0.1, -0.05) is 24.3 Å². The van der Waals surface area contributed by atoms with Crippen molar-refractivity contribution in [3.8, 4) is 0 Å². The van der Waals surface area contributed by atoms with E-state index in [2.05, 4.69) is 27.3 Å². The summed E-state index contributed by atoms with van der Waals surface area (Å²) >= 11 is 0. The average molecular weight is 430 g/mol. The maximum absolute atomic E-state index is 12.4. The van der Waals surface area contributed by atoms with Gasteiger partial charge in [0.1, 0.15) is 11.3 Å². The van der Waals surface area contributed by atoms with Gasteiger partial charge >= 0.3 is 0 Å². The van der Waals surface area contributed by atoms with E-state index in [1.807, 2.05) is 12.1 Å². The third-order valence-corrected chi connectivity index (χ3v) is 6.06. The van der Waals surface area contributed by atoms with Crippen LogP contribution in [-0.4, -0.2) is 59.5 Å². The van der Waals surface area contributed by atoms with Crippen LogP contribution in [-0.2, 0) is 23.0 Å². The fraction of sp³-hybridized carbons (Fsp3) is 0.300. The Labute approximate surface area is 174 Å². The third-order valence-electron chi connectivity index (χ3n) is 5.16. The van der Waals surface area contributed by atoms with Gasteiger partial charge in [0.15, 0.2) is 0 Å². The Kier molecular flexibility index (Phi) is 5.56. The molecule has 0 fully saturated rings. The summed E-state index contributed by atoms with van der Waals surface area (Å²) in [5.74, 6) is -0.445. The first-order valence-corrected chi connectivity index (χ1v) is 11.1. The fourth-order valence-electron chi connectivity index (χ4n) is 3.62. The van der Waals surface area contributed by atoms with Crippen LogP contribution >= 0.6 is 0 Å². The van der Waals surface area contributed by atoms with E-state index in [4.69, 9.17) is 5.14 Å². The number of primary sulfonamides is 1. The molecule has 1 atom stereocenters. The van der Waals surface area contributed by atoms with Crippen LogP contribution in [0, 0.1) is 0 Å². The first-order valence-electron chi connectivity index (χ1n) is 9.56. The fourth-order valence-corrected chi connectivity index (χ4v) is 4.14. The Morgan fingerprint density at radius 2 is 1.97 bits per heavy atom. The molecule has 0 saturated carbocycles. The van der Waals surface area contributed by atoms with Crippen LogP contribution in [0.25, 0.3) is 5.65 Å². The van der Waals surface area contributed by atoms with E-state index in [9.17, 15) is 18.3 Å². The number of nitrogens with one attached hydrogen (secondary N) is 1. The molecule has 10 heteroatoms. The molecule has 30 heavy (non-hydrogen) atoms. The zero-order chi connectivity index (χ0) is 21.3. The molecule has 4 rings (SSSR count). The van der Waals surface area contributed by atoms with E-state index < -0.39 is 22.0 Å². The summed E-state index contributed by atoms with van der Waals surface area (Å²) in [5.41, 5.74) is 3.15. The predicted molar refractivity (Wildman–Crippen MR) is 110 cm³/mol. The molecule has 3 heterocycles. The number of pyridine rings is 1. The van der Waals surface area contributed by atoms with Crippen LogP contribution in [0.1, 0.15) is 21.6 Å². The number of rotatable bonds is 6. The van der Waals surface area contributed by atoms with Crippen molar-refractivity contribution in [2.75, 3.05) is 19.6 Å². The van der Waals surface area contributed by atoms with Gasteiger partial charge in [-0.15, -0.1) is 0 Å². The topological polar surface area (TPSA) is 130 Å². The Morgan fingerprint density at radius 3 is 2.73 bits per heavy atom. The number of sulfonamides is 1.